The van der Waals surface area contributed by atoms with Crippen LogP contribution in [0.1, 0.15) is 21.6 Å². The molecule has 3 aromatic rings. The van der Waals surface area contributed by atoms with Crippen LogP contribution in [-0.2, 0) is 4.79 Å². The minimum Gasteiger partial charge on any atom is -0.338 e. The van der Waals surface area contributed by atoms with Crippen molar-refractivity contribution in [2.45, 2.75) is 0 Å². The number of aromatic nitrogens is 2. The van der Waals surface area contributed by atoms with Gasteiger partial charge >= 0.3 is 0 Å². The highest BCUT2D eigenvalue weighted by Crippen LogP contribution is 2.18. The van der Waals surface area contributed by atoms with Crippen molar-refractivity contribution in [1.29, 1.82) is 0 Å². The average molecular weight is 426 g/mol. The van der Waals surface area contributed by atoms with Crippen LogP contribution in [0.5, 0.6) is 0 Å². The van der Waals surface area contributed by atoms with E-state index in [1.807, 2.05) is 60.7 Å². The minimum absolute atomic E-state index is 0. The summed E-state index contributed by atoms with van der Waals surface area (Å²) in [6.45, 7) is 2.12. The van der Waals surface area contributed by atoms with Crippen molar-refractivity contribution in [3.63, 3.8) is 0 Å². The Morgan fingerprint density at radius 2 is 1.63 bits per heavy atom. The number of halogens is 1. The summed E-state index contributed by atoms with van der Waals surface area (Å²) in [5, 5.41) is 8.42. The largest absolute Gasteiger partial charge is 0.338 e. The molecule has 0 radical (unpaired) electrons. The summed E-state index contributed by atoms with van der Waals surface area (Å²) in [5.41, 5.74) is 8.92. The topological polar surface area (TPSA) is 95.3 Å². The molecular weight excluding hydrogens is 402 g/mol. The molecule has 0 aliphatic carbocycles. The van der Waals surface area contributed by atoms with Gasteiger partial charge in [-0.15, -0.1) is 12.4 Å². The molecule has 0 unspecified atom stereocenters. The Balaban J connectivity index is 0.00000256. The Kier molecular flexibility index (Phi) is 6.87. The lowest BCUT2D eigenvalue weighted by Crippen LogP contribution is -2.51. The number of rotatable bonds is 4. The highest BCUT2D eigenvalue weighted by molar-refractivity contribution is 5.95. The van der Waals surface area contributed by atoms with Crippen molar-refractivity contribution in [2.24, 2.45) is 5.73 Å². The van der Waals surface area contributed by atoms with Crippen LogP contribution >= 0.6 is 12.4 Å². The first kappa shape index (κ1) is 21.5. The maximum Gasteiger partial charge on any atom is 0.253 e. The molecule has 2 heterocycles. The van der Waals surface area contributed by atoms with Crippen LogP contribution in [0, 0.1) is 0 Å². The number of H-pyrrole nitrogens is 1. The number of nitrogens with two attached hydrogens (primary N) is 1. The van der Waals surface area contributed by atoms with Gasteiger partial charge in [-0.25, -0.2) is 0 Å². The van der Waals surface area contributed by atoms with E-state index in [0.29, 0.717) is 31.7 Å². The second-order valence-corrected chi connectivity index (χ2v) is 6.99. The monoisotopic (exact) mass is 425 g/mol. The van der Waals surface area contributed by atoms with Gasteiger partial charge in [-0.2, -0.15) is 5.10 Å². The fourth-order valence-electron chi connectivity index (χ4n) is 3.49. The van der Waals surface area contributed by atoms with Crippen LogP contribution in [0.2, 0.25) is 0 Å². The lowest BCUT2D eigenvalue weighted by atomic mass is 10.1. The van der Waals surface area contributed by atoms with Gasteiger partial charge in [0.05, 0.1) is 17.8 Å². The van der Waals surface area contributed by atoms with E-state index >= 15 is 0 Å². The lowest BCUT2D eigenvalue weighted by Gasteiger charge is -2.34. The molecule has 1 aromatic heterocycles. The van der Waals surface area contributed by atoms with Crippen LogP contribution in [0.15, 0.2) is 48.5 Å². The molecule has 4 rings (SSSR count). The number of aromatic amines is 1. The van der Waals surface area contributed by atoms with Gasteiger partial charge < -0.3 is 15.5 Å². The number of hydrogen-bond acceptors (Lipinski definition) is 4. The number of fused-ring (bicyclic) bond motifs is 1. The molecule has 2 amide bonds. The van der Waals surface area contributed by atoms with Gasteiger partial charge in [0.25, 0.3) is 5.91 Å². The van der Waals surface area contributed by atoms with Crippen molar-refractivity contribution in [2.75, 3.05) is 32.7 Å². The smallest absolute Gasteiger partial charge is 0.253 e. The molecule has 0 saturated carbocycles. The number of benzene rings is 2. The molecule has 156 valence electrons. The highest BCUT2D eigenvalue weighted by atomic mass is 35.5. The number of hydrogen-bond donors (Lipinski definition) is 2. The van der Waals surface area contributed by atoms with Crippen LogP contribution in [0.3, 0.4) is 0 Å². The summed E-state index contributed by atoms with van der Waals surface area (Å²) < 4.78 is 0. The number of nitrogens with one attached hydrogen (secondary N) is 1. The summed E-state index contributed by atoms with van der Waals surface area (Å²) in [6.07, 6.45) is 3.94. The van der Waals surface area contributed by atoms with E-state index in [1.165, 1.54) is 0 Å². The predicted molar refractivity (Wildman–Crippen MR) is 120 cm³/mol. The van der Waals surface area contributed by atoms with Gasteiger partial charge in [0.2, 0.25) is 5.91 Å². The number of piperazine rings is 1. The Bertz CT molecular complexity index is 1050. The predicted octanol–water partition coefficient (Wildman–Crippen LogP) is 2.40. The SMILES string of the molecule is Cl.NCC(=O)N1CCN(C(=O)c2ccc(/C=C/c3n[nH]c4ccccc34)cc2)CC1. The summed E-state index contributed by atoms with van der Waals surface area (Å²) in [5.74, 6) is -0.0865. The Hall–Kier alpha value is -3.16. The molecule has 1 saturated heterocycles. The zero-order valence-corrected chi connectivity index (χ0v) is 17.3. The van der Waals surface area contributed by atoms with Crippen molar-refractivity contribution in [3.05, 3.63) is 65.4 Å². The fraction of sp³-hybridized carbons (Fsp3) is 0.227. The summed E-state index contributed by atoms with van der Waals surface area (Å²) in [6, 6.07) is 15.5. The molecule has 7 nitrogen and oxygen atoms in total. The zero-order chi connectivity index (χ0) is 20.2. The van der Waals surface area contributed by atoms with Crippen LogP contribution in [-0.4, -0.2) is 64.5 Å². The number of carbonyl (C=O) groups is 2. The second kappa shape index (κ2) is 9.56. The van der Waals surface area contributed by atoms with E-state index in [-0.39, 0.29) is 30.8 Å². The molecule has 30 heavy (non-hydrogen) atoms. The maximum absolute atomic E-state index is 12.7. The van der Waals surface area contributed by atoms with E-state index in [0.717, 1.165) is 22.2 Å². The molecule has 1 aliphatic heterocycles. The van der Waals surface area contributed by atoms with E-state index in [4.69, 9.17) is 5.73 Å². The second-order valence-electron chi connectivity index (χ2n) is 6.99. The van der Waals surface area contributed by atoms with Gasteiger partial charge in [0.15, 0.2) is 0 Å². The first-order valence-electron chi connectivity index (χ1n) is 9.64. The summed E-state index contributed by atoms with van der Waals surface area (Å²) >= 11 is 0. The quantitative estimate of drug-likeness (QED) is 0.671. The Labute approximate surface area is 180 Å². The molecule has 3 N–H and O–H groups in total. The third kappa shape index (κ3) is 4.53. The molecule has 1 aliphatic rings. The van der Waals surface area contributed by atoms with Gasteiger partial charge in [-0.3, -0.25) is 14.7 Å². The number of amides is 2. The molecular formula is C22H24ClN5O2. The van der Waals surface area contributed by atoms with Crippen molar-refractivity contribution >= 4 is 47.3 Å². The molecule has 0 atom stereocenters. The Morgan fingerprint density at radius 3 is 2.33 bits per heavy atom. The maximum atomic E-state index is 12.7. The van der Waals surface area contributed by atoms with E-state index in [9.17, 15) is 9.59 Å². The fourth-order valence-corrected chi connectivity index (χ4v) is 3.49. The summed E-state index contributed by atoms with van der Waals surface area (Å²) in [4.78, 5) is 27.9. The van der Waals surface area contributed by atoms with Gasteiger partial charge in [0, 0.05) is 37.1 Å². The first-order chi connectivity index (χ1) is 14.2. The Morgan fingerprint density at radius 1 is 0.967 bits per heavy atom. The highest BCUT2D eigenvalue weighted by Gasteiger charge is 2.24. The van der Waals surface area contributed by atoms with E-state index in [2.05, 4.69) is 10.2 Å². The molecule has 0 spiro atoms. The number of para-hydroxylation sites is 1. The molecule has 0 bridgehead atoms. The molecule has 1 fully saturated rings. The van der Waals surface area contributed by atoms with Crippen molar-refractivity contribution in [3.8, 4) is 0 Å². The van der Waals surface area contributed by atoms with Gasteiger partial charge in [-0.1, -0.05) is 36.4 Å². The standard InChI is InChI=1S/C22H23N5O2.ClH/c23-15-21(28)26-11-13-27(14-12-26)22(29)17-8-5-16(6-9-17)7-10-20-18-3-1-2-4-19(18)24-25-20;/h1-10H,11-15,23H2,(H,24,25);1H/b10-7+;. The summed E-state index contributed by atoms with van der Waals surface area (Å²) in [7, 11) is 0. The number of nitrogens with zero attached hydrogens (tertiary/aromatic N) is 3. The normalized spacial score (nSPS) is 14.2. The lowest BCUT2D eigenvalue weighted by molar-refractivity contribution is -0.131. The number of carbonyl (C=O) groups excluding carboxylic acids is 2. The first-order valence-corrected chi connectivity index (χ1v) is 9.64. The van der Waals surface area contributed by atoms with E-state index < -0.39 is 0 Å². The molecule has 2 aromatic carbocycles. The van der Waals surface area contributed by atoms with Crippen molar-refractivity contribution < 1.29 is 9.59 Å². The van der Waals surface area contributed by atoms with Gasteiger partial charge in [-0.05, 0) is 29.8 Å². The van der Waals surface area contributed by atoms with E-state index in [1.54, 1.807) is 9.80 Å². The average Bonchev–Trinajstić information content (AvgIpc) is 3.20. The third-order valence-electron chi connectivity index (χ3n) is 5.19. The molecule has 8 heteroatoms. The van der Waals surface area contributed by atoms with Crippen LogP contribution in [0.4, 0.5) is 0 Å². The van der Waals surface area contributed by atoms with Crippen LogP contribution in [0.25, 0.3) is 23.1 Å². The van der Waals surface area contributed by atoms with Gasteiger partial charge in [0.1, 0.15) is 0 Å². The van der Waals surface area contributed by atoms with Crippen molar-refractivity contribution in [1.82, 2.24) is 20.0 Å². The zero-order valence-electron chi connectivity index (χ0n) is 16.5. The minimum atomic E-state index is -0.0714. The third-order valence-corrected chi connectivity index (χ3v) is 5.19. The van der Waals surface area contributed by atoms with Crippen LogP contribution < -0.4 is 5.73 Å².